The van der Waals surface area contributed by atoms with Gasteiger partial charge in [-0.2, -0.15) is 0 Å². The molecule has 0 bridgehead atoms. The summed E-state index contributed by atoms with van der Waals surface area (Å²) in [6.07, 6.45) is 9.70. The molecule has 0 amide bonds. The van der Waals surface area contributed by atoms with Gasteiger partial charge in [0.25, 0.3) is 0 Å². The van der Waals surface area contributed by atoms with Crippen LogP contribution in [0.4, 0.5) is 0 Å². The molecule has 1 unspecified atom stereocenters. The van der Waals surface area contributed by atoms with Crippen molar-refractivity contribution in [1.82, 2.24) is 0 Å². The second-order valence-corrected chi connectivity index (χ2v) is 4.76. The molecule has 0 spiro atoms. The summed E-state index contributed by atoms with van der Waals surface area (Å²) in [5.74, 6) is 0.711. The van der Waals surface area contributed by atoms with E-state index in [9.17, 15) is 4.79 Å². The summed E-state index contributed by atoms with van der Waals surface area (Å²) < 4.78 is 0. The average molecular weight is 182 g/mol. The van der Waals surface area contributed by atoms with Crippen LogP contribution in [0.25, 0.3) is 0 Å². The fourth-order valence-electron chi connectivity index (χ4n) is 2.46. The highest BCUT2D eigenvalue weighted by atomic mass is 16.1. The molecule has 0 aliphatic heterocycles. The minimum absolute atomic E-state index is 0.0632. The van der Waals surface area contributed by atoms with Crippen molar-refractivity contribution in [2.45, 2.75) is 58.8 Å². The summed E-state index contributed by atoms with van der Waals surface area (Å²) in [4.78, 5) is 11.1. The lowest BCUT2D eigenvalue weighted by Gasteiger charge is -2.34. The third-order valence-corrected chi connectivity index (χ3v) is 3.55. The second-order valence-electron chi connectivity index (χ2n) is 4.76. The lowest BCUT2D eigenvalue weighted by Crippen LogP contribution is -2.27. The fraction of sp³-hybridized carbons (Fsp3) is 0.917. The zero-order chi connectivity index (χ0) is 9.73. The van der Waals surface area contributed by atoms with Crippen molar-refractivity contribution < 1.29 is 4.79 Å². The molecule has 1 saturated carbocycles. The van der Waals surface area contributed by atoms with Crippen LogP contribution in [0, 0.1) is 11.3 Å². The minimum atomic E-state index is 0.0632. The highest BCUT2D eigenvalue weighted by molar-refractivity contribution is 5.59. The maximum absolute atomic E-state index is 11.1. The first kappa shape index (κ1) is 10.7. The van der Waals surface area contributed by atoms with E-state index >= 15 is 0 Å². The molecule has 1 fully saturated rings. The van der Waals surface area contributed by atoms with Crippen molar-refractivity contribution in [3.05, 3.63) is 0 Å². The van der Waals surface area contributed by atoms with E-state index in [1.165, 1.54) is 32.0 Å². The standard InChI is InChI=1S/C12H22O/c1-3-11(2)9-12(10-13)7-5-4-6-8-12/h10-11H,3-9H2,1-2H3. The van der Waals surface area contributed by atoms with E-state index in [2.05, 4.69) is 13.8 Å². The molecule has 1 nitrogen and oxygen atoms in total. The number of hydrogen-bond acceptors (Lipinski definition) is 1. The molecular weight excluding hydrogens is 160 g/mol. The number of carbonyl (C=O) groups excluding carboxylic acids is 1. The summed E-state index contributed by atoms with van der Waals surface area (Å²) in [5.41, 5.74) is 0.0632. The minimum Gasteiger partial charge on any atom is -0.303 e. The Hall–Kier alpha value is -0.330. The Morgan fingerprint density at radius 2 is 1.92 bits per heavy atom. The number of aldehydes is 1. The first-order chi connectivity index (χ1) is 6.22. The van der Waals surface area contributed by atoms with Crippen LogP contribution in [-0.4, -0.2) is 6.29 Å². The molecular formula is C12H22O. The molecule has 0 saturated heterocycles. The quantitative estimate of drug-likeness (QED) is 0.607. The largest absolute Gasteiger partial charge is 0.303 e. The van der Waals surface area contributed by atoms with Gasteiger partial charge in [0.1, 0.15) is 6.29 Å². The van der Waals surface area contributed by atoms with E-state index < -0.39 is 0 Å². The van der Waals surface area contributed by atoms with Gasteiger partial charge in [-0.3, -0.25) is 0 Å². The maximum atomic E-state index is 11.1. The molecule has 0 aromatic heterocycles. The van der Waals surface area contributed by atoms with Crippen molar-refractivity contribution in [2.24, 2.45) is 11.3 Å². The molecule has 1 heteroatoms. The Morgan fingerprint density at radius 1 is 1.31 bits per heavy atom. The van der Waals surface area contributed by atoms with Gasteiger partial charge in [0.15, 0.2) is 0 Å². The Morgan fingerprint density at radius 3 is 2.38 bits per heavy atom. The predicted octanol–water partition coefficient (Wildman–Crippen LogP) is 3.57. The molecule has 1 atom stereocenters. The fourth-order valence-corrected chi connectivity index (χ4v) is 2.46. The number of hydrogen-bond donors (Lipinski definition) is 0. The van der Waals surface area contributed by atoms with Gasteiger partial charge < -0.3 is 4.79 Å². The molecule has 0 radical (unpaired) electrons. The van der Waals surface area contributed by atoms with Crippen molar-refractivity contribution >= 4 is 6.29 Å². The lowest BCUT2D eigenvalue weighted by atomic mass is 9.70. The van der Waals surface area contributed by atoms with Gasteiger partial charge >= 0.3 is 0 Å². The van der Waals surface area contributed by atoms with Crippen molar-refractivity contribution in [3.63, 3.8) is 0 Å². The maximum Gasteiger partial charge on any atom is 0.126 e. The normalized spacial score (nSPS) is 23.8. The molecule has 1 aliphatic rings. The van der Waals surface area contributed by atoms with Gasteiger partial charge in [-0.05, 0) is 25.2 Å². The molecule has 76 valence electrons. The van der Waals surface area contributed by atoms with Crippen LogP contribution in [-0.2, 0) is 4.79 Å². The topological polar surface area (TPSA) is 17.1 Å². The monoisotopic (exact) mass is 182 g/mol. The van der Waals surface area contributed by atoms with E-state index in [-0.39, 0.29) is 5.41 Å². The summed E-state index contributed by atoms with van der Waals surface area (Å²) in [6, 6.07) is 0. The van der Waals surface area contributed by atoms with Gasteiger partial charge in [-0.15, -0.1) is 0 Å². The molecule has 13 heavy (non-hydrogen) atoms. The Kier molecular flexibility index (Phi) is 3.95. The molecule has 1 rings (SSSR count). The summed E-state index contributed by atoms with van der Waals surface area (Å²) >= 11 is 0. The van der Waals surface area contributed by atoms with Gasteiger partial charge in [0.2, 0.25) is 0 Å². The van der Waals surface area contributed by atoms with Gasteiger partial charge in [0.05, 0.1) is 0 Å². The zero-order valence-electron chi connectivity index (χ0n) is 9.01. The smallest absolute Gasteiger partial charge is 0.126 e. The molecule has 0 heterocycles. The molecule has 0 aromatic carbocycles. The van der Waals surface area contributed by atoms with Crippen LogP contribution in [0.15, 0.2) is 0 Å². The Bertz CT molecular complexity index is 157. The van der Waals surface area contributed by atoms with Crippen molar-refractivity contribution in [3.8, 4) is 0 Å². The van der Waals surface area contributed by atoms with Gasteiger partial charge in [-0.1, -0.05) is 39.5 Å². The summed E-state index contributed by atoms with van der Waals surface area (Å²) in [6.45, 7) is 4.48. The SMILES string of the molecule is CCC(C)CC1(C=O)CCCCC1. The van der Waals surface area contributed by atoms with Crippen LogP contribution < -0.4 is 0 Å². The molecule has 1 aliphatic carbocycles. The first-order valence-electron chi connectivity index (χ1n) is 5.69. The predicted molar refractivity (Wildman–Crippen MR) is 55.7 cm³/mol. The van der Waals surface area contributed by atoms with Crippen LogP contribution in [0.2, 0.25) is 0 Å². The van der Waals surface area contributed by atoms with Crippen LogP contribution in [0.3, 0.4) is 0 Å². The highest BCUT2D eigenvalue weighted by Crippen LogP contribution is 2.40. The second kappa shape index (κ2) is 4.78. The van der Waals surface area contributed by atoms with E-state index in [1.54, 1.807) is 0 Å². The summed E-state index contributed by atoms with van der Waals surface area (Å²) in [7, 11) is 0. The Balaban J connectivity index is 2.52. The highest BCUT2D eigenvalue weighted by Gasteiger charge is 2.32. The summed E-state index contributed by atoms with van der Waals surface area (Å²) in [5, 5.41) is 0. The van der Waals surface area contributed by atoms with Crippen LogP contribution in [0.5, 0.6) is 0 Å². The third-order valence-electron chi connectivity index (χ3n) is 3.55. The Labute approximate surface area is 81.9 Å². The van der Waals surface area contributed by atoms with Gasteiger partial charge in [-0.25, -0.2) is 0 Å². The van der Waals surface area contributed by atoms with E-state index in [0.29, 0.717) is 5.92 Å². The average Bonchev–Trinajstić information content (AvgIpc) is 2.19. The zero-order valence-corrected chi connectivity index (χ0v) is 9.01. The number of carbonyl (C=O) groups is 1. The van der Waals surface area contributed by atoms with E-state index in [4.69, 9.17) is 0 Å². The van der Waals surface area contributed by atoms with E-state index in [0.717, 1.165) is 19.3 Å². The van der Waals surface area contributed by atoms with Gasteiger partial charge in [0, 0.05) is 5.41 Å². The first-order valence-corrected chi connectivity index (χ1v) is 5.69. The lowest BCUT2D eigenvalue weighted by molar-refractivity contribution is -0.118. The van der Waals surface area contributed by atoms with E-state index in [1.807, 2.05) is 0 Å². The van der Waals surface area contributed by atoms with Crippen LogP contribution >= 0.6 is 0 Å². The molecule has 0 aromatic rings. The third kappa shape index (κ3) is 2.82. The number of rotatable bonds is 4. The van der Waals surface area contributed by atoms with Crippen molar-refractivity contribution in [1.29, 1.82) is 0 Å². The van der Waals surface area contributed by atoms with Crippen LogP contribution in [0.1, 0.15) is 58.8 Å². The molecule has 0 N–H and O–H groups in total. The van der Waals surface area contributed by atoms with Crippen molar-refractivity contribution in [2.75, 3.05) is 0 Å².